The van der Waals surface area contributed by atoms with Crippen LogP contribution in [0, 0.1) is 18.8 Å². The molecule has 1 heterocycles. The highest BCUT2D eigenvalue weighted by Crippen LogP contribution is 2.22. The van der Waals surface area contributed by atoms with Crippen molar-refractivity contribution in [1.82, 2.24) is 10.2 Å². The summed E-state index contributed by atoms with van der Waals surface area (Å²) in [6.45, 7) is 11.0. The minimum atomic E-state index is -0.373. The zero-order chi connectivity index (χ0) is 17.9. The number of carbonyl (C=O) groups is 2. The lowest BCUT2D eigenvalue weighted by molar-refractivity contribution is -0.130. The third-order valence-corrected chi connectivity index (χ3v) is 4.45. The summed E-state index contributed by atoms with van der Waals surface area (Å²) < 4.78 is 0. The normalized spacial score (nSPS) is 21.3. The van der Waals surface area contributed by atoms with Crippen molar-refractivity contribution in [3.8, 4) is 0 Å². The Morgan fingerprint density at radius 1 is 1.12 bits per heavy atom. The standard InChI is InChI=1S/C20H30N2O2/c1-13(2)10-17-12-22(18(11-14(3)4)19(23)21-17)20(24)16-8-6-15(5)7-9-16/h6-9,13-14,17-18H,10-12H2,1-5H3,(H,21,23)/t17-,18-/m0/s1. The molecule has 0 bridgehead atoms. The first kappa shape index (κ1) is 18.5. The Morgan fingerprint density at radius 2 is 1.71 bits per heavy atom. The van der Waals surface area contributed by atoms with Crippen LogP contribution in [0.25, 0.3) is 0 Å². The number of rotatable bonds is 5. The van der Waals surface area contributed by atoms with Crippen LogP contribution in [0.5, 0.6) is 0 Å². The van der Waals surface area contributed by atoms with Crippen molar-refractivity contribution in [1.29, 1.82) is 0 Å². The predicted molar refractivity (Wildman–Crippen MR) is 96.8 cm³/mol. The number of amides is 2. The zero-order valence-electron chi connectivity index (χ0n) is 15.5. The van der Waals surface area contributed by atoms with Crippen LogP contribution in [0.4, 0.5) is 0 Å². The molecule has 1 saturated heterocycles. The van der Waals surface area contributed by atoms with E-state index in [9.17, 15) is 9.59 Å². The maximum Gasteiger partial charge on any atom is 0.254 e. The molecule has 1 aliphatic rings. The van der Waals surface area contributed by atoms with Gasteiger partial charge in [0.1, 0.15) is 6.04 Å². The van der Waals surface area contributed by atoms with E-state index in [0.29, 0.717) is 30.4 Å². The van der Waals surface area contributed by atoms with E-state index < -0.39 is 0 Å². The van der Waals surface area contributed by atoms with E-state index in [1.165, 1.54) is 0 Å². The van der Waals surface area contributed by atoms with E-state index in [1.807, 2.05) is 31.2 Å². The van der Waals surface area contributed by atoms with Gasteiger partial charge >= 0.3 is 0 Å². The van der Waals surface area contributed by atoms with Gasteiger partial charge in [-0.05, 0) is 43.7 Å². The first-order valence-corrected chi connectivity index (χ1v) is 8.96. The van der Waals surface area contributed by atoms with Crippen molar-refractivity contribution in [2.75, 3.05) is 6.54 Å². The van der Waals surface area contributed by atoms with E-state index in [-0.39, 0.29) is 23.9 Å². The minimum Gasteiger partial charge on any atom is -0.350 e. The molecule has 0 radical (unpaired) electrons. The van der Waals surface area contributed by atoms with Crippen LogP contribution in [0.1, 0.15) is 56.5 Å². The molecule has 2 rings (SSSR count). The Labute approximate surface area is 145 Å². The van der Waals surface area contributed by atoms with E-state index >= 15 is 0 Å². The van der Waals surface area contributed by atoms with Crippen LogP contribution in [0.15, 0.2) is 24.3 Å². The molecule has 0 spiro atoms. The Hall–Kier alpha value is -1.84. The van der Waals surface area contributed by atoms with Gasteiger partial charge in [0, 0.05) is 18.2 Å². The summed E-state index contributed by atoms with van der Waals surface area (Å²) in [5, 5.41) is 3.12. The molecule has 132 valence electrons. The highest BCUT2D eigenvalue weighted by molar-refractivity contribution is 5.98. The van der Waals surface area contributed by atoms with Gasteiger partial charge in [0.2, 0.25) is 5.91 Å². The topological polar surface area (TPSA) is 49.4 Å². The van der Waals surface area contributed by atoms with Crippen molar-refractivity contribution in [3.63, 3.8) is 0 Å². The van der Waals surface area contributed by atoms with Gasteiger partial charge in [0.25, 0.3) is 5.91 Å². The number of piperazine rings is 1. The number of carbonyl (C=O) groups excluding carboxylic acids is 2. The van der Waals surface area contributed by atoms with Gasteiger partial charge in [-0.1, -0.05) is 45.4 Å². The van der Waals surface area contributed by atoms with Gasteiger partial charge in [-0.2, -0.15) is 0 Å². The quantitative estimate of drug-likeness (QED) is 0.899. The molecule has 1 N–H and O–H groups in total. The summed E-state index contributed by atoms with van der Waals surface area (Å²) in [5.74, 6) is 0.786. The zero-order valence-corrected chi connectivity index (χ0v) is 15.5. The fourth-order valence-corrected chi connectivity index (χ4v) is 3.32. The second-order valence-corrected chi connectivity index (χ2v) is 7.80. The Bertz CT molecular complexity index is 578. The lowest BCUT2D eigenvalue weighted by atomic mass is 9.94. The molecule has 1 fully saturated rings. The molecule has 1 aliphatic heterocycles. The molecule has 1 aromatic rings. The van der Waals surface area contributed by atoms with E-state index in [4.69, 9.17) is 0 Å². The largest absolute Gasteiger partial charge is 0.350 e. The maximum absolute atomic E-state index is 13.0. The lowest BCUT2D eigenvalue weighted by Gasteiger charge is -2.40. The smallest absolute Gasteiger partial charge is 0.254 e. The van der Waals surface area contributed by atoms with Gasteiger partial charge in [-0.25, -0.2) is 0 Å². The van der Waals surface area contributed by atoms with Crippen molar-refractivity contribution in [3.05, 3.63) is 35.4 Å². The molecular formula is C20H30N2O2. The first-order chi connectivity index (χ1) is 11.3. The highest BCUT2D eigenvalue weighted by atomic mass is 16.2. The molecule has 1 aromatic carbocycles. The van der Waals surface area contributed by atoms with Crippen molar-refractivity contribution < 1.29 is 9.59 Å². The van der Waals surface area contributed by atoms with Crippen LogP contribution >= 0.6 is 0 Å². The first-order valence-electron chi connectivity index (χ1n) is 8.96. The SMILES string of the molecule is Cc1ccc(C(=O)N2C[C@H](CC(C)C)NC(=O)[C@@H]2CC(C)C)cc1. The summed E-state index contributed by atoms with van der Waals surface area (Å²) in [6, 6.07) is 7.26. The van der Waals surface area contributed by atoms with Crippen molar-refractivity contribution in [2.45, 2.75) is 59.5 Å². The van der Waals surface area contributed by atoms with Crippen LogP contribution < -0.4 is 5.32 Å². The van der Waals surface area contributed by atoms with E-state index in [2.05, 4.69) is 33.0 Å². The molecule has 0 aliphatic carbocycles. The molecule has 0 saturated carbocycles. The summed E-state index contributed by atoms with van der Waals surface area (Å²) in [7, 11) is 0. The average molecular weight is 330 g/mol. The van der Waals surface area contributed by atoms with Gasteiger partial charge in [-0.15, -0.1) is 0 Å². The Kier molecular flexibility index (Phi) is 6.03. The molecule has 4 heteroatoms. The van der Waals surface area contributed by atoms with Crippen LogP contribution in [-0.2, 0) is 4.79 Å². The number of aryl methyl sites for hydroxylation is 1. The maximum atomic E-state index is 13.0. The van der Waals surface area contributed by atoms with E-state index in [1.54, 1.807) is 4.90 Å². The molecule has 2 amide bonds. The fourth-order valence-electron chi connectivity index (χ4n) is 3.32. The summed E-state index contributed by atoms with van der Waals surface area (Å²) >= 11 is 0. The second kappa shape index (κ2) is 7.82. The molecule has 2 atom stereocenters. The van der Waals surface area contributed by atoms with Crippen LogP contribution in [-0.4, -0.2) is 35.3 Å². The molecule has 0 aromatic heterocycles. The fraction of sp³-hybridized carbons (Fsp3) is 0.600. The van der Waals surface area contributed by atoms with Crippen LogP contribution in [0.3, 0.4) is 0 Å². The number of benzene rings is 1. The summed E-state index contributed by atoms with van der Waals surface area (Å²) in [4.78, 5) is 27.4. The monoisotopic (exact) mass is 330 g/mol. The minimum absolute atomic E-state index is 0.0129. The summed E-state index contributed by atoms with van der Waals surface area (Å²) in [6.07, 6.45) is 1.58. The third kappa shape index (κ3) is 4.59. The Morgan fingerprint density at radius 3 is 2.25 bits per heavy atom. The third-order valence-electron chi connectivity index (χ3n) is 4.45. The molecule has 24 heavy (non-hydrogen) atoms. The molecular weight excluding hydrogens is 300 g/mol. The van der Waals surface area contributed by atoms with Crippen molar-refractivity contribution in [2.24, 2.45) is 11.8 Å². The van der Waals surface area contributed by atoms with Crippen molar-refractivity contribution >= 4 is 11.8 Å². The second-order valence-electron chi connectivity index (χ2n) is 7.80. The predicted octanol–water partition coefficient (Wildman–Crippen LogP) is 3.40. The molecule has 4 nitrogen and oxygen atoms in total. The summed E-state index contributed by atoms with van der Waals surface area (Å²) in [5.41, 5.74) is 1.78. The van der Waals surface area contributed by atoms with E-state index in [0.717, 1.165) is 12.0 Å². The lowest BCUT2D eigenvalue weighted by Crippen LogP contribution is -2.62. The van der Waals surface area contributed by atoms with Gasteiger partial charge in [-0.3, -0.25) is 9.59 Å². The Balaban J connectivity index is 2.25. The van der Waals surface area contributed by atoms with Gasteiger partial charge < -0.3 is 10.2 Å². The highest BCUT2D eigenvalue weighted by Gasteiger charge is 2.37. The molecule has 0 unspecified atom stereocenters. The number of hydrogen-bond acceptors (Lipinski definition) is 2. The van der Waals surface area contributed by atoms with Crippen LogP contribution in [0.2, 0.25) is 0 Å². The number of hydrogen-bond donors (Lipinski definition) is 1. The average Bonchev–Trinajstić information content (AvgIpc) is 2.49. The van der Waals surface area contributed by atoms with Gasteiger partial charge in [0.15, 0.2) is 0 Å². The van der Waals surface area contributed by atoms with Gasteiger partial charge in [0.05, 0.1) is 0 Å². The number of nitrogens with zero attached hydrogens (tertiary/aromatic N) is 1. The number of nitrogens with one attached hydrogen (secondary N) is 1.